The zero-order chi connectivity index (χ0) is 22.5. The molecule has 0 saturated carbocycles. The van der Waals surface area contributed by atoms with Gasteiger partial charge in [-0.15, -0.1) is 0 Å². The molecule has 1 aliphatic rings. The number of amides is 1. The lowest BCUT2D eigenvalue weighted by molar-refractivity contribution is 0.102. The number of nitrogens with one attached hydrogen (secondary N) is 1. The molecule has 0 unspecified atom stereocenters. The molecule has 1 N–H and O–H groups in total. The summed E-state index contributed by atoms with van der Waals surface area (Å²) < 4.78 is 0.838. The molecule has 0 bridgehead atoms. The highest BCUT2D eigenvalue weighted by Crippen LogP contribution is 2.28. The molecule has 0 atom stereocenters. The van der Waals surface area contributed by atoms with Crippen LogP contribution < -0.4 is 10.2 Å². The van der Waals surface area contributed by atoms with Gasteiger partial charge in [0.05, 0.1) is 16.4 Å². The van der Waals surface area contributed by atoms with Crippen molar-refractivity contribution in [1.82, 2.24) is 9.88 Å². The van der Waals surface area contributed by atoms with Crippen LogP contribution in [0.25, 0.3) is 11.1 Å². The van der Waals surface area contributed by atoms with Gasteiger partial charge in [0.25, 0.3) is 5.91 Å². The first-order valence-electron chi connectivity index (χ1n) is 11.1. The number of nitrogens with zero attached hydrogens (tertiary/aromatic N) is 3. The van der Waals surface area contributed by atoms with Crippen molar-refractivity contribution in [2.75, 3.05) is 37.4 Å². The van der Waals surface area contributed by atoms with Crippen LogP contribution in [-0.2, 0) is 6.54 Å². The second-order valence-electron chi connectivity index (χ2n) is 8.45. The Bertz CT molecular complexity index is 1080. The molecule has 3 aromatic rings. The van der Waals surface area contributed by atoms with Crippen molar-refractivity contribution in [2.24, 2.45) is 0 Å². The summed E-state index contributed by atoms with van der Waals surface area (Å²) in [6.45, 7) is 3.08. The van der Waals surface area contributed by atoms with Gasteiger partial charge in [-0.05, 0) is 76.8 Å². The number of rotatable bonds is 6. The van der Waals surface area contributed by atoms with Crippen LogP contribution in [0.3, 0.4) is 0 Å². The summed E-state index contributed by atoms with van der Waals surface area (Å²) in [5.74, 6) is 0.690. The van der Waals surface area contributed by atoms with Crippen molar-refractivity contribution in [3.05, 3.63) is 76.4 Å². The van der Waals surface area contributed by atoms with E-state index in [-0.39, 0.29) is 5.91 Å². The Morgan fingerprint density at radius 2 is 1.81 bits per heavy atom. The van der Waals surface area contributed by atoms with Crippen molar-refractivity contribution in [2.45, 2.75) is 25.8 Å². The van der Waals surface area contributed by atoms with Gasteiger partial charge >= 0.3 is 0 Å². The Balaban J connectivity index is 1.60. The van der Waals surface area contributed by atoms with Crippen LogP contribution in [0.5, 0.6) is 0 Å². The molecular weight excluding hydrogens is 464 g/mol. The molecule has 2 aromatic carbocycles. The van der Waals surface area contributed by atoms with Crippen LogP contribution in [0.4, 0.5) is 11.5 Å². The van der Waals surface area contributed by atoms with Crippen LogP contribution in [0.1, 0.15) is 35.2 Å². The first-order valence-corrected chi connectivity index (χ1v) is 11.9. The number of pyridine rings is 1. The fourth-order valence-electron chi connectivity index (χ4n) is 4.15. The summed E-state index contributed by atoms with van der Waals surface area (Å²) in [6, 6.07) is 18.3. The minimum absolute atomic E-state index is 0.129. The third-order valence-electron chi connectivity index (χ3n) is 5.80. The normalized spacial score (nSPS) is 14.2. The van der Waals surface area contributed by atoms with E-state index in [1.807, 2.05) is 43.3 Å². The number of aromatic nitrogens is 1. The Morgan fingerprint density at radius 1 is 1.06 bits per heavy atom. The van der Waals surface area contributed by atoms with E-state index >= 15 is 0 Å². The first-order chi connectivity index (χ1) is 15.5. The topological polar surface area (TPSA) is 48.5 Å². The molecule has 166 valence electrons. The van der Waals surface area contributed by atoms with Crippen LogP contribution in [0.15, 0.2) is 65.3 Å². The van der Waals surface area contributed by atoms with E-state index in [9.17, 15) is 4.79 Å². The van der Waals surface area contributed by atoms with Crippen molar-refractivity contribution in [3.8, 4) is 11.1 Å². The van der Waals surface area contributed by atoms with Gasteiger partial charge in [-0.2, -0.15) is 0 Å². The highest BCUT2D eigenvalue weighted by molar-refractivity contribution is 9.10. The standard InChI is InChI=1S/C26H29BrN4O/c1-30(2)25-24(27)16-22(17-28-25)29-26(32)20-11-12-23(19-9-5-3-6-10-19)21(15-20)18-31-13-7-4-8-14-31/h3,5-6,9-12,15-17H,4,7-8,13-14,18H2,1-2H3,(H,29,32). The maximum Gasteiger partial charge on any atom is 0.255 e. The number of hydrogen-bond acceptors (Lipinski definition) is 4. The van der Waals surface area contributed by atoms with Gasteiger partial charge in [-0.25, -0.2) is 4.98 Å². The number of hydrogen-bond donors (Lipinski definition) is 1. The van der Waals surface area contributed by atoms with Crippen LogP contribution in [0.2, 0.25) is 0 Å². The van der Waals surface area contributed by atoms with E-state index in [0.717, 1.165) is 29.9 Å². The zero-order valence-electron chi connectivity index (χ0n) is 18.6. The van der Waals surface area contributed by atoms with Gasteiger partial charge in [0, 0.05) is 26.2 Å². The maximum atomic E-state index is 13.1. The predicted octanol–water partition coefficient (Wildman–Crippen LogP) is 5.82. The SMILES string of the molecule is CN(C)c1ncc(NC(=O)c2ccc(-c3ccccc3)c(CN3CCCCC3)c2)cc1Br. The van der Waals surface area contributed by atoms with Crippen molar-refractivity contribution >= 4 is 33.3 Å². The van der Waals surface area contributed by atoms with Gasteiger partial charge in [0.1, 0.15) is 5.82 Å². The predicted molar refractivity (Wildman–Crippen MR) is 135 cm³/mol. The average Bonchev–Trinajstić information content (AvgIpc) is 2.80. The quantitative estimate of drug-likeness (QED) is 0.471. The molecule has 5 nitrogen and oxygen atoms in total. The number of benzene rings is 2. The van der Waals surface area contributed by atoms with Crippen molar-refractivity contribution in [3.63, 3.8) is 0 Å². The lowest BCUT2D eigenvalue weighted by Gasteiger charge is -2.27. The average molecular weight is 493 g/mol. The van der Waals surface area contributed by atoms with Crippen LogP contribution >= 0.6 is 15.9 Å². The van der Waals surface area contributed by atoms with Crippen LogP contribution in [0, 0.1) is 0 Å². The third kappa shape index (κ3) is 5.37. The number of likely N-dealkylation sites (tertiary alicyclic amines) is 1. The molecule has 0 aliphatic carbocycles. The summed E-state index contributed by atoms with van der Waals surface area (Å²) in [6.07, 6.45) is 5.48. The Hall–Kier alpha value is -2.70. The summed E-state index contributed by atoms with van der Waals surface area (Å²) >= 11 is 3.54. The lowest BCUT2D eigenvalue weighted by Crippen LogP contribution is -2.29. The molecule has 0 spiro atoms. The monoisotopic (exact) mass is 492 g/mol. The third-order valence-corrected chi connectivity index (χ3v) is 6.38. The van der Waals surface area contributed by atoms with E-state index in [1.165, 1.54) is 36.0 Å². The number of carbonyl (C=O) groups excluding carboxylic acids is 1. The fourth-order valence-corrected chi connectivity index (χ4v) is 4.86. The second-order valence-corrected chi connectivity index (χ2v) is 9.31. The number of carbonyl (C=O) groups is 1. The van der Waals surface area contributed by atoms with E-state index in [4.69, 9.17) is 0 Å². The molecule has 6 heteroatoms. The molecule has 1 aliphatic heterocycles. The highest BCUT2D eigenvalue weighted by atomic mass is 79.9. The largest absolute Gasteiger partial charge is 0.362 e. The van der Waals surface area contributed by atoms with Crippen molar-refractivity contribution in [1.29, 1.82) is 0 Å². The van der Waals surface area contributed by atoms with E-state index in [2.05, 4.69) is 61.5 Å². The van der Waals surface area contributed by atoms with Gasteiger partial charge in [0.15, 0.2) is 0 Å². The lowest BCUT2D eigenvalue weighted by atomic mass is 9.96. The summed E-state index contributed by atoms with van der Waals surface area (Å²) in [4.78, 5) is 21.9. The van der Waals surface area contributed by atoms with Crippen molar-refractivity contribution < 1.29 is 4.79 Å². The molecule has 2 heterocycles. The zero-order valence-corrected chi connectivity index (χ0v) is 20.2. The minimum atomic E-state index is -0.129. The molecule has 32 heavy (non-hydrogen) atoms. The van der Waals surface area contributed by atoms with Gasteiger partial charge < -0.3 is 10.2 Å². The molecule has 1 saturated heterocycles. The van der Waals surface area contributed by atoms with Gasteiger partial charge in [-0.1, -0.05) is 42.8 Å². The Morgan fingerprint density at radius 3 is 2.50 bits per heavy atom. The first kappa shape index (κ1) is 22.5. The van der Waals surface area contributed by atoms with E-state index in [1.54, 1.807) is 6.20 Å². The number of halogens is 1. The summed E-state index contributed by atoms with van der Waals surface area (Å²) in [5.41, 5.74) is 4.88. The Labute approximate surface area is 198 Å². The molecular formula is C26H29BrN4O. The highest BCUT2D eigenvalue weighted by Gasteiger charge is 2.16. The molecule has 1 fully saturated rings. The van der Waals surface area contributed by atoms with Gasteiger partial charge in [0.2, 0.25) is 0 Å². The minimum Gasteiger partial charge on any atom is -0.362 e. The maximum absolute atomic E-state index is 13.1. The molecule has 4 rings (SSSR count). The number of anilines is 2. The summed E-state index contributed by atoms with van der Waals surface area (Å²) in [7, 11) is 3.87. The van der Waals surface area contributed by atoms with Gasteiger partial charge in [-0.3, -0.25) is 9.69 Å². The second kappa shape index (κ2) is 10.3. The Kier molecular flexibility index (Phi) is 7.22. The molecule has 1 amide bonds. The fraction of sp³-hybridized carbons (Fsp3) is 0.308. The van der Waals surface area contributed by atoms with Crippen LogP contribution in [-0.4, -0.2) is 43.0 Å². The molecule has 1 aromatic heterocycles. The summed E-state index contributed by atoms with van der Waals surface area (Å²) in [5, 5.41) is 2.99. The van der Waals surface area contributed by atoms with E-state index < -0.39 is 0 Å². The number of piperidine rings is 1. The molecule has 0 radical (unpaired) electrons. The van der Waals surface area contributed by atoms with E-state index in [0.29, 0.717) is 11.3 Å². The smallest absolute Gasteiger partial charge is 0.255 e.